The molecular weight excluding hydrogens is 234 g/mol. The Kier molecular flexibility index (Phi) is 4.61. The molecule has 2 N–H and O–H groups in total. The van der Waals surface area contributed by atoms with Gasteiger partial charge in [-0.25, -0.2) is 0 Å². The molecule has 0 radical (unpaired) electrons. The number of rotatable bonds is 3. The molecule has 2 atom stereocenters. The zero-order valence-electron chi connectivity index (χ0n) is 12.7. The molecule has 3 heteroatoms. The minimum absolute atomic E-state index is 0.115. The fraction of sp³-hybridized carbons (Fsp3) is 0.625. The average Bonchev–Trinajstić information content (AvgIpc) is 2.31. The highest BCUT2D eigenvalue weighted by molar-refractivity contribution is 5.30. The third-order valence-electron chi connectivity index (χ3n) is 4.07. The SMILES string of the molecule is Cc1cc(C)cc(C(N)CN2CCN(C)CC2C)c1. The maximum Gasteiger partial charge on any atom is 0.0424 e. The van der Waals surface area contributed by atoms with E-state index in [1.54, 1.807) is 0 Å². The number of piperazine rings is 1. The second kappa shape index (κ2) is 6.04. The summed E-state index contributed by atoms with van der Waals surface area (Å²) >= 11 is 0. The van der Waals surface area contributed by atoms with Gasteiger partial charge in [-0.3, -0.25) is 4.90 Å². The van der Waals surface area contributed by atoms with Gasteiger partial charge in [0.05, 0.1) is 0 Å². The third kappa shape index (κ3) is 3.78. The fourth-order valence-corrected chi connectivity index (χ4v) is 3.03. The highest BCUT2D eigenvalue weighted by atomic mass is 15.3. The first-order valence-electron chi connectivity index (χ1n) is 7.22. The van der Waals surface area contributed by atoms with E-state index in [9.17, 15) is 0 Å². The Morgan fingerprint density at radius 2 is 1.84 bits per heavy atom. The minimum Gasteiger partial charge on any atom is -0.323 e. The van der Waals surface area contributed by atoms with Crippen molar-refractivity contribution in [2.45, 2.75) is 32.9 Å². The van der Waals surface area contributed by atoms with E-state index in [1.807, 2.05) is 0 Å². The van der Waals surface area contributed by atoms with Crippen molar-refractivity contribution < 1.29 is 0 Å². The maximum absolute atomic E-state index is 6.41. The van der Waals surface area contributed by atoms with E-state index in [2.05, 4.69) is 55.8 Å². The predicted octanol–water partition coefficient (Wildman–Crippen LogP) is 1.94. The number of aryl methyl sites for hydroxylation is 2. The Morgan fingerprint density at radius 3 is 2.42 bits per heavy atom. The molecule has 0 aliphatic carbocycles. The lowest BCUT2D eigenvalue weighted by atomic mass is 10.0. The van der Waals surface area contributed by atoms with E-state index in [0.29, 0.717) is 6.04 Å². The topological polar surface area (TPSA) is 32.5 Å². The van der Waals surface area contributed by atoms with Crippen LogP contribution in [0.25, 0.3) is 0 Å². The first-order valence-corrected chi connectivity index (χ1v) is 7.22. The van der Waals surface area contributed by atoms with E-state index in [-0.39, 0.29) is 6.04 Å². The molecule has 1 fully saturated rings. The van der Waals surface area contributed by atoms with Crippen LogP contribution in [-0.2, 0) is 0 Å². The van der Waals surface area contributed by atoms with E-state index in [1.165, 1.54) is 16.7 Å². The van der Waals surface area contributed by atoms with Gasteiger partial charge in [-0.15, -0.1) is 0 Å². The molecule has 1 aromatic rings. The number of likely N-dealkylation sites (N-methyl/N-ethyl adjacent to an activating group) is 1. The van der Waals surface area contributed by atoms with E-state index in [0.717, 1.165) is 26.2 Å². The van der Waals surface area contributed by atoms with Gasteiger partial charge < -0.3 is 10.6 Å². The summed E-state index contributed by atoms with van der Waals surface area (Å²) < 4.78 is 0. The van der Waals surface area contributed by atoms with Gasteiger partial charge >= 0.3 is 0 Å². The normalized spacial score (nSPS) is 23.5. The van der Waals surface area contributed by atoms with Crippen LogP contribution in [0.3, 0.4) is 0 Å². The lowest BCUT2D eigenvalue weighted by Gasteiger charge is -2.39. The molecule has 0 bridgehead atoms. The molecule has 1 saturated heterocycles. The number of nitrogens with zero attached hydrogens (tertiary/aromatic N) is 2. The van der Waals surface area contributed by atoms with E-state index < -0.39 is 0 Å². The predicted molar refractivity (Wildman–Crippen MR) is 81.4 cm³/mol. The van der Waals surface area contributed by atoms with Gasteiger partial charge in [-0.1, -0.05) is 29.3 Å². The first-order chi connectivity index (χ1) is 8.95. The lowest BCUT2D eigenvalue weighted by Crippen LogP contribution is -2.52. The Bertz CT molecular complexity index is 410. The molecule has 1 heterocycles. The van der Waals surface area contributed by atoms with Gasteiger partial charge in [-0.2, -0.15) is 0 Å². The number of benzene rings is 1. The summed E-state index contributed by atoms with van der Waals surface area (Å²) in [6.45, 7) is 10.9. The standard InChI is InChI=1S/C16H27N3/c1-12-7-13(2)9-15(8-12)16(17)11-19-6-5-18(4)10-14(19)3/h7-9,14,16H,5-6,10-11,17H2,1-4H3. The smallest absolute Gasteiger partial charge is 0.0424 e. The van der Waals surface area contributed by atoms with Crippen molar-refractivity contribution in [3.8, 4) is 0 Å². The Labute approximate surface area is 117 Å². The molecule has 3 nitrogen and oxygen atoms in total. The summed E-state index contributed by atoms with van der Waals surface area (Å²) in [5.41, 5.74) is 10.3. The highest BCUT2D eigenvalue weighted by Gasteiger charge is 2.23. The monoisotopic (exact) mass is 261 g/mol. The maximum atomic E-state index is 6.41. The number of hydrogen-bond acceptors (Lipinski definition) is 3. The van der Waals surface area contributed by atoms with Crippen LogP contribution in [0.1, 0.15) is 29.7 Å². The summed E-state index contributed by atoms with van der Waals surface area (Å²) in [6, 6.07) is 7.35. The van der Waals surface area contributed by atoms with Crippen molar-refractivity contribution in [2.24, 2.45) is 5.73 Å². The van der Waals surface area contributed by atoms with Gasteiger partial charge in [0.15, 0.2) is 0 Å². The summed E-state index contributed by atoms with van der Waals surface area (Å²) in [5.74, 6) is 0. The second-order valence-electron chi connectivity index (χ2n) is 6.13. The molecule has 1 aromatic carbocycles. The summed E-state index contributed by atoms with van der Waals surface area (Å²) in [6.07, 6.45) is 0. The Balaban J connectivity index is 2.02. The van der Waals surface area contributed by atoms with Gasteiger partial charge in [0.25, 0.3) is 0 Å². The number of nitrogens with two attached hydrogens (primary N) is 1. The van der Waals surface area contributed by atoms with Crippen molar-refractivity contribution in [3.63, 3.8) is 0 Å². The summed E-state index contributed by atoms with van der Waals surface area (Å²) in [7, 11) is 2.19. The molecule has 1 aliphatic heterocycles. The van der Waals surface area contributed by atoms with Crippen molar-refractivity contribution in [1.82, 2.24) is 9.80 Å². The van der Waals surface area contributed by atoms with Crippen LogP contribution < -0.4 is 5.73 Å². The Hall–Kier alpha value is -0.900. The summed E-state index contributed by atoms with van der Waals surface area (Å²) in [4.78, 5) is 4.91. The van der Waals surface area contributed by atoms with Crippen molar-refractivity contribution in [2.75, 3.05) is 33.2 Å². The van der Waals surface area contributed by atoms with Crippen LogP contribution in [-0.4, -0.2) is 49.1 Å². The van der Waals surface area contributed by atoms with Crippen molar-refractivity contribution in [3.05, 3.63) is 34.9 Å². The Morgan fingerprint density at radius 1 is 1.21 bits per heavy atom. The van der Waals surface area contributed by atoms with Gasteiger partial charge in [0.1, 0.15) is 0 Å². The molecule has 106 valence electrons. The second-order valence-corrected chi connectivity index (χ2v) is 6.13. The fourth-order valence-electron chi connectivity index (χ4n) is 3.03. The first kappa shape index (κ1) is 14.5. The van der Waals surface area contributed by atoms with Crippen LogP contribution >= 0.6 is 0 Å². The molecule has 0 amide bonds. The largest absolute Gasteiger partial charge is 0.323 e. The van der Waals surface area contributed by atoms with Crippen LogP contribution in [0.15, 0.2) is 18.2 Å². The highest BCUT2D eigenvalue weighted by Crippen LogP contribution is 2.18. The molecule has 2 rings (SSSR count). The molecule has 1 aliphatic rings. The minimum atomic E-state index is 0.115. The van der Waals surface area contributed by atoms with E-state index >= 15 is 0 Å². The zero-order chi connectivity index (χ0) is 14.0. The lowest BCUT2D eigenvalue weighted by molar-refractivity contribution is 0.0945. The van der Waals surface area contributed by atoms with Crippen LogP contribution in [0.4, 0.5) is 0 Å². The van der Waals surface area contributed by atoms with Gasteiger partial charge in [0, 0.05) is 38.3 Å². The van der Waals surface area contributed by atoms with Crippen LogP contribution in [0, 0.1) is 13.8 Å². The third-order valence-corrected chi connectivity index (χ3v) is 4.07. The molecule has 0 aromatic heterocycles. The molecule has 0 spiro atoms. The van der Waals surface area contributed by atoms with Crippen molar-refractivity contribution >= 4 is 0 Å². The van der Waals surface area contributed by atoms with Crippen molar-refractivity contribution in [1.29, 1.82) is 0 Å². The zero-order valence-corrected chi connectivity index (χ0v) is 12.7. The summed E-state index contributed by atoms with van der Waals surface area (Å²) in [5, 5.41) is 0. The van der Waals surface area contributed by atoms with E-state index in [4.69, 9.17) is 5.73 Å². The molecule has 2 unspecified atom stereocenters. The molecular formula is C16H27N3. The van der Waals surface area contributed by atoms with Crippen LogP contribution in [0.5, 0.6) is 0 Å². The van der Waals surface area contributed by atoms with Crippen LogP contribution in [0.2, 0.25) is 0 Å². The number of hydrogen-bond donors (Lipinski definition) is 1. The average molecular weight is 261 g/mol. The molecule has 19 heavy (non-hydrogen) atoms. The molecule has 0 saturated carbocycles. The van der Waals surface area contributed by atoms with Gasteiger partial charge in [0.2, 0.25) is 0 Å². The van der Waals surface area contributed by atoms with Gasteiger partial charge in [-0.05, 0) is 33.4 Å². The quantitative estimate of drug-likeness (QED) is 0.902.